The van der Waals surface area contributed by atoms with Gasteiger partial charge in [-0.25, -0.2) is 0 Å². The van der Waals surface area contributed by atoms with Crippen LogP contribution in [0.15, 0.2) is 24.3 Å². The molecule has 0 aliphatic heterocycles. The number of fused-ring (bicyclic) bond motifs is 1. The Hall–Kier alpha value is -1.15. The van der Waals surface area contributed by atoms with Crippen molar-refractivity contribution in [3.63, 3.8) is 0 Å². The van der Waals surface area contributed by atoms with Crippen LogP contribution in [0.2, 0.25) is 0 Å². The molecule has 2 nitrogen and oxygen atoms in total. The largest absolute Gasteiger partial charge is 0.366 e. The van der Waals surface area contributed by atoms with Crippen molar-refractivity contribution in [3.8, 4) is 0 Å². The van der Waals surface area contributed by atoms with Crippen LogP contribution in [-0.4, -0.2) is 12.4 Å². The van der Waals surface area contributed by atoms with E-state index in [1.807, 2.05) is 31.2 Å². The van der Waals surface area contributed by atoms with Gasteiger partial charge in [-0.05, 0) is 12.5 Å². The molecule has 0 fully saturated rings. The van der Waals surface area contributed by atoms with E-state index in [0.29, 0.717) is 6.61 Å². The van der Waals surface area contributed by atoms with Crippen molar-refractivity contribution < 1.29 is 9.53 Å². The molecule has 1 aliphatic carbocycles. The standard InChI is InChI=1S/C10H10O2/c1-2-12-10-8-6-4-3-5-7(8)9(10)11/h3-6,10H,2H2,1H3. The number of hydrogen-bond donors (Lipinski definition) is 0. The molecule has 0 saturated heterocycles. The molecule has 1 aromatic carbocycles. The van der Waals surface area contributed by atoms with E-state index < -0.39 is 0 Å². The Labute approximate surface area is 71.2 Å². The van der Waals surface area contributed by atoms with E-state index in [9.17, 15) is 4.79 Å². The highest BCUT2D eigenvalue weighted by Crippen LogP contribution is 2.35. The molecular weight excluding hydrogens is 152 g/mol. The fourth-order valence-electron chi connectivity index (χ4n) is 1.49. The average molecular weight is 162 g/mol. The highest BCUT2D eigenvalue weighted by molar-refractivity contribution is 6.09. The number of carbonyl (C=O) groups is 1. The number of ether oxygens (including phenoxy) is 1. The number of rotatable bonds is 2. The molecule has 0 bridgehead atoms. The van der Waals surface area contributed by atoms with Gasteiger partial charge in [0.15, 0.2) is 5.78 Å². The Bertz CT molecular complexity index is 317. The molecule has 0 aromatic heterocycles. The van der Waals surface area contributed by atoms with Crippen LogP contribution in [0.4, 0.5) is 0 Å². The van der Waals surface area contributed by atoms with Crippen molar-refractivity contribution in [2.45, 2.75) is 13.0 Å². The van der Waals surface area contributed by atoms with Crippen LogP contribution in [0.5, 0.6) is 0 Å². The third-order valence-electron chi connectivity index (χ3n) is 2.08. The Morgan fingerprint density at radius 1 is 1.42 bits per heavy atom. The fourth-order valence-corrected chi connectivity index (χ4v) is 1.49. The molecule has 0 radical (unpaired) electrons. The lowest BCUT2D eigenvalue weighted by Gasteiger charge is -2.27. The first kappa shape index (κ1) is 7.50. The van der Waals surface area contributed by atoms with Gasteiger partial charge in [-0.15, -0.1) is 0 Å². The smallest absolute Gasteiger partial charge is 0.196 e. The topological polar surface area (TPSA) is 26.3 Å². The van der Waals surface area contributed by atoms with E-state index >= 15 is 0 Å². The van der Waals surface area contributed by atoms with Gasteiger partial charge in [0.05, 0.1) is 0 Å². The molecule has 1 atom stereocenters. The predicted octanol–water partition coefficient (Wildman–Crippen LogP) is 1.96. The lowest BCUT2D eigenvalue weighted by atomic mass is 9.84. The van der Waals surface area contributed by atoms with Gasteiger partial charge in [0.25, 0.3) is 0 Å². The number of hydrogen-bond acceptors (Lipinski definition) is 2. The summed E-state index contributed by atoms with van der Waals surface area (Å²) >= 11 is 0. The van der Waals surface area contributed by atoms with Crippen molar-refractivity contribution in [3.05, 3.63) is 35.4 Å². The number of Topliss-reactive ketones (excluding diaryl/α,β-unsaturated/α-hetero) is 1. The summed E-state index contributed by atoms with van der Waals surface area (Å²) in [5, 5.41) is 0. The summed E-state index contributed by atoms with van der Waals surface area (Å²) in [7, 11) is 0. The molecule has 1 unspecified atom stereocenters. The van der Waals surface area contributed by atoms with Gasteiger partial charge in [-0.1, -0.05) is 24.3 Å². The van der Waals surface area contributed by atoms with Gasteiger partial charge >= 0.3 is 0 Å². The van der Waals surface area contributed by atoms with Crippen LogP contribution in [0.3, 0.4) is 0 Å². The zero-order valence-corrected chi connectivity index (χ0v) is 6.91. The minimum Gasteiger partial charge on any atom is -0.366 e. The summed E-state index contributed by atoms with van der Waals surface area (Å²) in [5.41, 5.74) is 1.85. The second kappa shape index (κ2) is 2.72. The van der Waals surface area contributed by atoms with Crippen LogP contribution in [0.25, 0.3) is 0 Å². The quantitative estimate of drug-likeness (QED) is 0.664. The first-order valence-corrected chi connectivity index (χ1v) is 4.09. The van der Waals surface area contributed by atoms with Crippen LogP contribution < -0.4 is 0 Å². The summed E-state index contributed by atoms with van der Waals surface area (Å²) in [6.45, 7) is 2.49. The zero-order chi connectivity index (χ0) is 8.55. The molecule has 0 amide bonds. The van der Waals surface area contributed by atoms with E-state index in [1.54, 1.807) is 0 Å². The molecule has 2 rings (SSSR count). The van der Waals surface area contributed by atoms with Crippen molar-refractivity contribution in [2.24, 2.45) is 0 Å². The third kappa shape index (κ3) is 0.883. The normalized spacial score (nSPS) is 20.1. The SMILES string of the molecule is CCOC1C(=O)c2ccccc21. The molecule has 1 aromatic rings. The fraction of sp³-hybridized carbons (Fsp3) is 0.300. The Kier molecular flexibility index (Phi) is 1.70. The predicted molar refractivity (Wildman–Crippen MR) is 45.1 cm³/mol. The monoisotopic (exact) mass is 162 g/mol. The summed E-state index contributed by atoms with van der Waals surface area (Å²) in [4.78, 5) is 11.3. The zero-order valence-electron chi connectivity index (χ0n) is 6.91. The van der Waals surface area contributed by atoms with Crippen molar-refractivity contribution >= 4 is 5.78 Å². The maximum Gasteiger partial charge on any atom is 0.196 e. The van der Waals surface area contributed by atoms with E-state index in [-0.39, 0.29) is 11.9 Å². The van der Waals surface area contributed by atoms with Crippen LogP contribution >= 0.6 is 0 Å². The number of ketones is 1. The molecule has 0 saturated carbocycles. The lowest BCUT2D eigenvalue weighted by molar-refractivity contribution is 0.0357. The van der Waals surface area contributed by atoms with Crippen molar-refractivity contribution in [1.82, 2.24) is 0 Å². The summed E-state index contributed by atoms with van der Waals surface area (Å²) < 4.78 is 5.27. The first-order valence-electron chi connectivity index (χ1n) is 4.09. The highest BCUT2D eigenvalue weighted by atomic mass is 16.5. The van der Waals surface area contributed by atoms with Crippen LogP contribution in [-0.2, 0) is 4.74 Å². The Balaban J connectivity index is 2.31. The first-order chi connectivity index (χ1) is 5.84. The van der Waals surface area contributed by atoms with Gasteiger partial charge in [0.2, 0.25) is 0 Å². The molecule has 62 valence electrons. The summed E-state index contributed by atoms with van der Waals surface area (Å²) in [5.74, 6) is 0.118. The number of benzene rings is 1. The van der Waals surface area contributed by atoms with E-state index in [4.69, 9.17) is 4.74 Å². The van der Waals surface area contributed by atoms with Crippen LogP contribution in [0, 0.1) is 0 Å². The van der Waals surface area contributed by atoms with Crippen molar-refractivity contribution in [2.75, 3.05) is 6.61 Å². The highest BCUT2D eigenvalue weighted by Gasteiger charge is 2.35. The second-order valence-electron chi connectivity index (χ2n) is 2.79. The van der Waals surface area contributed by atoms with Gasteiger partial charge in [-0.2, -0.15) is 0 Å². The molecule has 12 heavy (non-hydrogen) atoms. The summed E-state index contributed by atoms with van der Waals surface area (Å²) in [6.07, 6.45) is -0.286. The van der Waals surface area contributed by atoms with E-state index in [1.165, 1.54) is 0 Å². The molecular formula is C10H10O2. The van der Waals surface area contributed by atoms with Gasteiger partial charge < -0.3 is 4.74 Å². The third-order valence-corrected chi connectivity index (χ3v) is 2.08. The molecule has 0 N–H and O–H groups in total. The molecule has 0 spiro atoms. The van der Waals surface area contributed by atoms with Gasteiger partial charge in [0, 0.05) is 12.2 Å². The van der Waals surface area contributed by atoms with Crippen LogP contribution in [0.1, 0.15) is 28.9 Å². The van der Waals surface area contributed by atoms with Gasteiger partial charge in [0.1, 0.15) is 6.10 Å². The number of carbonyl (C=O) groups excluding carboxylic acids is 1. The molecule has 1 aliphatic rings. The second-order valence-corrected chi connectivity index (χ2v) is 2.79. The van der Waals surface area contributed by atoms with Crippen molar-refractivity contribution in [1.29, 1.82) is 0 Å². The minimum absolute atomic E-state index is 0.118. The maximum atomic E-state index is 11.3. The Morgan fingerprint density at radius 2 is 2.17 bits per heavy atom. The molecule has 0 heterocycles. The molecule has 2 heteroatoms. The maximum absolute atomic E-state index is 11.3. The van der Waals surface area contributed by atoms with E-state index in [2.05, 4.69) is 0 Å². The Morgan fingerprint density at radius 3 is 2.92 bits per heavy atom. The minimum atomic E-state index is -0.286. The average Bonchev–Trinajstić information content (AvgIpc) is 2.13. The summed E-state index contributed by atoms with van der Waals surface area (Å²) in [6, 6.07) is 7.58. The lowest BCUT2D eigenvalue weighted by Crippen LogP contribution is -2.28. The van der Waals surface area contributed by atoms with E-state index in [0.717, 1.165) is 11.1 Å². The van der Waals surface area contributed by atoms with Gasteiger partial charge in [-0.3, -0.25) is 4.79 Å².